The van der Waals surface area contributed by atoms with Gasteiger partial charge in [0.15, 0.2) is 0 Å². The third-order valence-corrected chi connectivity index (χ3v) is 3.17. The number of ether oxygens (including phenoxy) is 1. The molecule has 3 nitrogen and oxygen atoms in total. The summed E-state index contributed by atoms with van der Waals surface area (Å²) in [5, 5.41) is 7.03. The van der Waals surface area contributed by atoms with Gasteiger partial charge in [-0.15, -0.1) is 0 Å². The predicted octanol–water partition coefficient (Wildman–Crippen LogP) is 3.20. The van der Waals surface area contributed by atoms with E-state index in [4.69, 9.17) is 4.74 Å². The number of rotatable bonds is 3. The van der Waals surface area contributed by atoms with Crippen molar-refractivity contribution in [1.82, 2.24) is 5.32 Å². The third-order valence-electron chi connectivity index (χ3n) is 3.17. The summed E-state index contributed by atoms with van der Waals surface area (Å²) in [5.41, 5.74) is 2.62. The molecule has 106 valence electrons. The summed E-state index contributed by atoms with van der Waals surface area (Å²) in [5.74, 6) is 0.971. The maximum atomic E-state index is 5.79. The Morgan fingerprint density at radius 1 is 1.42 bits per heavy atom. The summed E-state index contributed by atoms with van der Waals surface area (Å²) in [6.45, 7) is 11.8. The lowest BCUT2D eigenvalue weighted by atomic mass is 10.0. The number of benzene rings is 1. The molecule has 1 aliphatic heterocycles. The average Bonchev–Trinajstić information content (AvgIpc) is 2.26. The Morgan fingerprint density at radius 3 is 2.84 bits per heavy atom. The summed E-state index contributed by atoms with van der Waals surface area (Å²) in [6, 6.07) is 6.92. The minimum atomic E-state index is 0.157. The van der Waals surface area contributed by atoms with Gasteiger partial charge in [0.25, 0.3) is 0 Å². The molecule has 2 rings (SSSR count). The summed E-state index contributed by atoms with van der Waals surface area (Å²) in [4.78, 5) is 0. The van der Waals surface area contributed by atoms with Gasteiger partial charge < -0.3 is 15.4 Å². The smallest absolute Gasteiger partial charge is 0.142 e. The SMILES string of the molecule is CC(Cc1ccc2c(c1)NCC(C)O2)NC(C)(C)C. The van der Waals surface area contributed by atoms with E-state index in [1.54, 1.807) is 0 Å². The maximum Gasteiger partial charge on any atom is 0.142 e. The molecule has 1 aliphatic rings. The maximum absolute atomic E-state index is 5.79. The summed E-state index contributed by atoms with van der Waals surface area (Å²) in [7, 11) is 0. The van der Waals surface area contributed by atoms with E-state index in [1.165, 1.54) is 5.56 Å². The van der Waals surface area contributed by atoms with Crippen LogP contribution in [0.4, 0.5) is 5.69 Å². The van der Waals surface area contributed by atoms with Crippen molar-refractivity contribution in [2.75, 3.05) is 11.9 Å². The zero-order valence-corrected chi connectivity index (χ0v) is 12.7. The highest BCUT2D eigenvalue weighted by Crippen LogP contribution is 2.30. The molecule has 2 atom stereocenters. The molecule has 2 N–H and O–H groups in total. The van der Waals surface area contributed by atoms with E-state index in [1.807, 2.05) is 0 Å². The van der Waals surface area contributed by atoms with Crippen LogP contribution >= 0.6 is 0 Å². The van der Waals surface area contributed by atoms with Crippen LogP contribution < -0.4 is 15.4 Å². The number of hydrogen-bond donors (Lipinski definition) is 2. The summed E-state index contributed by atoms with van der Waals surface area (Å²) < 4.78 is 5.79. The lowest BCUT2D eigenvalue weighted by Crippen LogP contribution is -2.43. The molecule has 0 spiro atoms. The lowest BCUT2D eigenvalue weighted by Gasteiger charge is -2.27. The fourth-order valence-electron chi connectivity index (χ4n) is 2.60. The third kappa shape index (κ3) is 4.13. The molecule has 1 aromatic rings. The Kier molecular flexibility index (Phi) is 4.04. The first-order chi connectivity index (χ1) is 8.83. The first kappa shape index (κ1) is 14.2. The molecule has 3 heteroatoms. The van der Waals surface area contributed by atoms with Crippen LogP contribution in [0.3, 0.4) is 0 Å². The van der Waals surface area contributed by atoms with Crippen molar-refractivity contribution in [1.29, 1.82) is 0 Å². The van der Waals surface area contributed by atoms with Crippen molar-refractivity contribution in [3.8, 4) is 5.75 Å². The second kappa shape index (κ2) is 5.41. The van der Waals surface area contributed by atoms with E-state index >= 15 is 0 Å². The average molecular weight is 262 g/mol. The number of hydrogen-bond acceptors (Lipinski definition) is 3. The quantitative estimate of drug-likeness (QED) is 0.877. The van der Waals surface area contributed by atoms with E-state index in [2.05, 4.69) is 63.5 Å². The van der Waals surface area contributed by atoms with Gasteiger partial charge in [-0.1, -0.05) is 6.07 Å². The van der Waals surface area contributed by atoms with Crippen molar-refractivity contribution in [3.05, 3.63) is 23.8 Å². The van der Waals surface area contributed by atoms with Gasteiger partial charge in [0.2, 0.25) is 0 Å². The fraction of sp³-hybridized carbons (Fsp3) is 0.625. The Bertz CT molecular complexity index is 437. The molecule has 2 unspecified atom stereocenters. The van der Waals surface area contributed by atoms with Crippen LogP contribution in [-0.4, -0.2) is 24.2 Å². The van der Waals surface area contributed by atoms with Crippen LogP contribution in [0.5, 0.6) is 5.75 Å². The van der Waals surface area contributed by atoms with Crippen molar-refractivity contribution >= 4 is 5.69 Å². The van der Waals surface area contributed by atoms with Gasteiger partial charge in [-0.2, -0.15) is 0 Å². The van der Waals surface area contributed by atoms with Gasteiger partial charge in [-0.25, -0.2) is 0 Å². The fourth-order valence-corrected chi connectivity index (χ4v) is 2.60. The number of fused-ring (bicyclic) bond motifs is 1. The highest BCUT2D eigenvalue weighted by atomic mass is 16.5. The number of nitrogens with one attached hydrogen (secondary N) is 2. The molecule has 0 aliphatic carbocycles. The standard InChI is InChI=1S/C16H26N2O/c1-11(18-16(3,4)5)8-13-6-7-15-14(9-13)17-10-12(2)19-15/h6-7,9,11-12,17-18H,8,10H2,1-5H3. The molecule has 0 fully saturated rings. The Morgan fingerprint density at radius 2 is 2.16 bits per heavy atom. The first-order valence-electron chi connectivity index (χ1n) is 7.14. The molecular weight excluding hydrogens is 236 g/mol. The second-order valence-corrected chi connectivity index (χ2v) is 6.64. The largest absolute Gasteiger partial charge is 0.487 e. The topological polar surface area (TPSA) is 33.3 Å². The van der Waals surface area contributed by atoms with Crippen molar-refractivity contribution in [2.24, 2.45) is 0 Å². The Balaban J connectivity index is 2.02. The van der Waals surface area contributed by atoms with Crippen molar-refractivity contribution in [3.63, 3.8) is 0 Å². The van der Waals surface area contributed by atoms with E-state index in [-0.39, 0.29) is 11.6 Å². The highest BCUT2D eigenvalue weighted by Gasteiger charge is 2.17. The Labute approximate surface area is 116 Å². The predicted molar refractivity (Wildman–Crippen MR) is 81.1 cm³/mol. The molecule has 0 amide bonds. The molecule has 1 heterocycles. The number of anilines is 1. The van der Waals surface area contributed by atoms with Crippen LogP contribution in [-0.2, 0) is 6.42 Å². The summed E-state index contributed by atoms with van der Waals surface area (Å²) >= 11 is 0. The minimum Gasteiger partial charge on any atom is -0.487 e. The van der Waals surface area contributed by atoms with Gasteiger partial charge in [-0.05, 0) is 58.7 Å². The Hall–Kier alpha value is -1.22. The molecule has 0 aromatic heterocycles. The van der Waals surface area contributed by atoms with Crippen LogP contribution in [0.15, 0.2) is 18.2 Å². The normalized spacial score (nSPS) is 20.2. The zero-order chi connectivity index (χ0) is 14.0. The lowest BCUT2D eigenvalue weighted by molar-refractivity contribution is 0.226. The van der Waals surface area contributed by atoms with Gasteiger partial charge in [0, 0.05) is 11.6 Å². The molecule has 0 bridgehead atoms. The molecule has 1 aromatic carbocycles. The van der Waals surface area contributed by atoms with E-state index < -0.39 is 0 Å². The minimum absolute atomic E-state index is 0.157. The van der Waals surface area contributed by atoms with E-state index in [0.29, 0.717) is 6.04 Å². The molecule has 0 saturated carbocycles. The van der Waals surface area contributed by atoms with Crippen molar-refractivity contribution in [2.45, 2.75) is 58.7 Å². The van der Waals surface area contributed by atoms with Gasteiger partial charge in [-0.3, -0.25) is 0 Å². The second-order valence-electron chi connectivity index (χ2n) is 6.64. The van der Waals surface area contributed by atoms with Gasteiger partial charge in [0.05, 0.1) is 12.2 Å². The zero-order valence-electron chi connectivity index (χ0n) is 12.7. The van der Waals surface area contributed by atoms with Crippen LogP contribution in [0.1, 0.15) is 40.2 Å². The molecular formula is C16H26N2O. The van der Waals surface area contributed by atoms with Gasteiger partial charge >= 0.3 is 0 Å². The first-order valence-corrected chi connectivity index (χ1v) is 7.14. The van der Waals surface area contributed by atoms with Gasteiger partial charge in [0.1, 0.15) is 11.9 Å². The van der Waals surface area contributed by atoms with Crippen LogP contribution in [0.25, 0.3) is 0 Å². The summed E-state index contributed by atoms with van der Waals surface area (Å²) in [6.07, 6.45) is 1.28. The van der Waals surface area contributed by atoms with E-state index in [9.17, 15) is 0 Å². The molecule has 0 saturated heterocycles. The van der Waals surface area contributed by atoms with Crippen LogP contribution in [0.2, 0.25) is 0 Å². The van der Waals surface area contributed by atoms with E-state index in [0.717, 1.165) is 24.4 Å². The molecule has 19 heavy (non-hydrogen) atoms. The highest BCUT2D eigenvalue weighted by molar-refractivity contribution is 5.59. The van der Waals surface area contributed by atoms with Crippen LogP contribution in [0, 0.1) is 0 Å². The molecule has 0 radical (unpaired) electrons. The van der Waals surface area contributed by atoms with Crippen molar-refractivity contribution < 1.29 is 4.74 Å². The monoisotopic (exact) mass is 262 g/mol.